The van der Waals surface area contributed by atoms with E-state index in [0.717, 1.165) is 50.5 Å². The van der Waals surface area contributed by atoms with Crippen LogP contribution in [0.3, 0.4) is 0 Å². The molecule has 4 aromatic carbocycles. The maximum absolute atomic E-state index is 9.12. The summed E-state index contributed by atoms with van der Waals surface area (Å²) < 4.78 is 5.64. The van der Waals surface area contributed by atoms with Crippen molar-refractivity contribution in [3.63, 3.8) is 0 Å². The van der Waals surface area contributed by atoms with Crippen LogP contribution in [0, 0.1) is 27.7 Å². The summed E-state index contributed by atoms with van der Waals surface area (Å²) in [5.41, 5.74) is 5.12. The molecule has 4 N–H and O–H groups in total. The number of aromatic hydroxyl groups is 1. The van der Waals surface area contributed by atoms with Crippen molar-refractivity contribution < 1.29 is 20.6 Å². The molecular formula is C29H29BBr6Cl3O4. The zero-order chi connectivity index (χ0) is 32.7. The highest BCUT2D eigenvalue weighted by Crippen LogP contribution is 2.32. The molecular weight excluding hydrogens is 1010 g/mol. The predicted octanol–water partition coefficient (Wildman–Crippen LogP) is 13.1. The third-order valence-electron chi connectivity index (χ3n) is 4.63. The molecule has 0 heterocycles. The molecule has 0 fully saturated rings. The molecule has 4 aromatic rings. The van der Waals surface area contributed by atoms with Gasteiger partial charge in [-0.1, -0.05) is 85.7 Å². The molecule has 0 unspecified atom stereocenters. The molecule has 235 valence electrons. The Morgan fingerprint density at radius 3 is 1.21 bits per heavy atom. The van der Waals surface area contributed by atoms with Gasteiger partial charge in [0, 0.05) is 26.8 Å². The molecule has 0 bridgehead atoms. The van der Waals surface area contributed by atoms with E-state index in [0.29, 0.717) is 15.5 Å². The van der Waals surface area contributed by atoms with Crippen molar-refractivity contribution in [3.8, 4) is 5.75 Å². The van der Waals surface area contributed by atoms with Gasteiger partial charge in [-0.2, -0.15) is 0 Å². The maximum Gasteiger partial charge on any atom is 0.328 e. The SMILES string of the molecule is C.Cc1cc(Br)c(Cl)c(Br)c1.Cc1cc(Br)c(Cl)c([B]O)c1.Cc1cc(Br)cc(Br)c1.Cc1cc(O)c(Cl)c(Br)c1.OO. The lowest BCUT2D eigenvalue weighted by atomic mass is 9.88. The molecule has 0 aliphatic heterocycles. The average Bonchev–Trinajstić information content (AvgIpc) is 2.89. The first kappa shape index (κ1) is 45.5. The first-order valence-corrected chi connectivity index (χ1v) is 17.3. The minimum atomic E-state index is 0. The number of phenolic OH excluding ortho intramolecular Hbond substituents is 1. The largest absolute Gasteiger partial charge is 0.506 e. The molecule has 0 saturated heterocycles. The molecule has 0 aliphatic rings. The first-order chi connectivity index (χ1) is 19.5. The second-order valence-electron chi connectivity index (χ2n) is 8.35. The van der Waals surface area contributed by atoms with Gasteiger partial charge in [0.15, 0.2) is 0 Å². The van der Waals surface area contributed by atoms with Gasteiger partial charge >= 0.3 is 7.48 Å². The molecule has 43 heavy (non-hydrogen) atoms. The van der Waals surface area contributed by atoms with Crippen molar-refractivity contribution in [2.75, 3.05) is 0 Å². The van der Waals surface area contributed by atoms with Crippen molar-refractivity contribution >= 4 is 143 Å². The molecule has 0 atom stereocenters. The molecule has 1 radical (unpaired) electrons. The quantitative estimate of drug-likeness (QED) is 0.0663. The Morgan fingerprint density at radius 2 is 0.837 bits per heavy atom. The van der Waals surface area contributed by atoms with E-state index in [1.165, 1.54) is 11.1 Å². The van der Waals surface area contributed by atoms with Crippen molar-refractivity contribution in [1.82, 2.24) is 0 Å². The van der Waals surface area contributed by atoms with Crippen LogP contribution >= 0.6 is 130 Å². The monoisotopic (exact) mass is 1030 g/mol. The molecule has 0 spiro atoms. The predicted molar refractivity (Wildman–Crippen MR) is 207 cm³/mol. The zero-order valence-electron chi connectivity index (χ0n) is 22.5. The normalized spacial score (nSPS) is 9.30. The summed E-state index contributed by atoms with van der Waals surface area (Å²) in [6, 6.07) is 17.3. The van der Waals surface area contributed by atoms with Crippen molar-refractivity contribution in [1.29, 1.82) is 0 Å². The number of rotatable bonds is 1. The van der Waals surface area contributed by atoms with Crippen LogP contribution in [0.1, 0.15) is 29.7 Å². The van der Waals surface area contributed by atoms with Gasteiger partial charge in [0.25, 0.3) is 0 Å². The number of phenols is 1. The number of hydrogen-bond donors (Lipinski definition) is 4. The minimum absolute atomic E-state index is 0. The second-order valence-corrected chi connectivity index (χ2v) is 14.7. The van der Waals surface area contributed by atoms with Gasteiger partial charge in [0.05, 0.1) is 15.1 Å². The minimum Gasteiger partial charge on any atom is -0.506 e. The highest BCUT2D eigenvalue weighted by atomic mass is 79.9. The number of aryl methyl sites for hydroxylation is 4. The van der Waals surface area contributed by atoms with Crippen molar-refractivity contribution in [3.05, 3.63) is 119 Å². The van der Waals surface area contributed by atoms with Gasteiger partial charge in [-0.15, -0.1) is 0 Å². The molecule has 0 aliphatic carbocycles. The van der Waals surface area contributed by atoms with E-state index in [-0.39, 0.29) is 13.2 Å². The Labute approximate surface area is 320 Å². The fourth-order valence-electron chi connectivity index (χ4n) is 2.93. The Hall–Kier alpha value is 0.375. The Bertz CT molecular complexity index is 1310. The van der Waals surface area contributed by atoms with Gasteiger partial charge in [0.2, 0.25) is 0 Å². The fourth-order valence-corrected chi connectivity index (χ4v) is 7.39. The molecule has 0 saturated carbocycles. The molecule has 0 aromatic heterocycles. The Kier molecular flexibility index (Phi) is 25.0. The van der Waals surface area contributed by atoms with E-state index >= 15 is 0 Å². The highest BCUT2D eigenvalue weighted by Gasteiger charge is 2.05. The standard InChI is InChI=1S/C7H6BBrClO.C7H5Br2Cl.C7H6Br2.C7H6BrClO.CH4.H2O2/c1-4-2-5(8-11)7(10)6(9)3-4;1-4-2-5(8)7(10)6(9)3-4;1-5-2-6(8)4-7(9)3-5;1-4-2-5(8)7(9)6(10)3-4;;1-2/h2-3,11H,1H3;2-3H,1H3;2-4H,1H3;2-3,10H,1H3;1H4;1-2H. The summed E-state index contributed by atoms with van der Waals surface area (Å²) >= 11 is 37.3. The molecule has 14 heteroatoms. The van der Waals surface area contributed by atoms with Gasteiger partial charge in [-0.25, -0.2) is 0 Å². The van der Waals surface area contributed by atoms with E-state index in [9.17, 15) is 0 Å². The van der Waals surface area contributed by atoms with E-state index in [1.54, 1.807) is 6.07 Å². The van der Waals surface area contributed by atoms with Crippen LogP contribution in [0.25, 0.3) is 0 Å². The zero-order valence-corrected chi connectivity index (χ0v) is 34.2. The maximum atomic E-state index is 9.12. The number of benzene rings is 4. The Morgan fingerprint density at radius 1 is 0.512 bits per heavy atom. The second kappa shape index (κ2) is 23.7. The Balaban J connectivity index is 0. The van der Waals surface area contributed by atoms with E-state index in [1.807, 2.05) is 57.2 Å². The third kappa shape index (κ3) is 17.8. The van der Waals surface area contributed by atoms with Crippen LogP contribution in [0.15, 0.2) is 81.4 Å². The lowest BCUT2D eigenvalue weighted by Gasteiger charge is -2.02. The summed E-state index contributed by atoms with van der Waals surface area (Å²) in [5.74, 6) is 0.119. The van der Waals surface area contributed by atoms with Gasteiger partial charge < -0.3 is 10.1 Å². The topological polar surface area (TPSA) is 80.9 Å². The van der Waals surface area contributed by atoms with Crippen molar-refractivity contribution in [2.24, 2.45) is 0 Å². The average molecular weight is 1040 g/mol. The molecule has 0 amide bonds. The summed E-state index contributed by atoms with van der Waals surface area (Å²) in [6.07, 6.45) is 0. The van der Waals surface area contributed by atoms with Crippen LogP contribution in [0.4, 0.5) is 0 Å². The van der Waals surface area contributed by atoms with Gasteiger partial charge in [-0.3, -0.25) is 10.5 Å². The summed E-state index contributed by atoms with van der Waals surface area (Å²) in [7, 11) is 1.00. The fraction of sp³-hybridized carbons (Fsp3) is 0.172. The lowest BCUT2D eigenvalue weighted by Crippen LogP contribution is -2.15. The smallest absolute Gasteiger partial charge is 0.328 e. The number of hydrogen-bond acceptors (Lipinski definition) is 4. The van der Waals surface area contributed by atoms with Crippen LogP contribution in [-0.4, -0.2) is 28.1 Å². The third-order valence-corrected chi connectivity index (χ3v) is 10.2. The van der Waals surface area contributed by atoms with Crippen LogP contribution < -0.4 is 5.46 Å². The van der Waals surface area contributed by atoms with E-state index in [4.69, 9.17) is 55.4 Å². The highest BCUT2D eigenvalue weighted by molar-refractivity contribution is 9.11. The molecule has 4 nitrogen and oxygen atoms in total. The van der Waals surface area contributed by atoms with Crippen LogP contribution in [0.5, 0.6) is 5.75 Å². The lowest BCUT2D eigenvalue weighted by molar-refractivity contribution is -0.176. The van der Waals surface area contributed by atoms with E-state index < -0.39 is 0 Å². The van der Waals surface area contributed by atoms with Crippen molar-refractivity contribution in [2.45, 2.75) is 35.1 Å². The van der Waals surface area contributed by atoms with Gasteiger partial charge in [0.1, 0.15) is 5.75 Å². The summed E-state index contributed by atoms with van der Waals surface area (Å²) in [4.78, 5) is 0. The van der Waals surface area contributed by atoms with E-state index in [2.05, 4.69) is 115 Å². The summed E-state index contributed by atoms with van der Waals surface area (Å²) in [5, 5.41) is 31.5. The summed E-state index contributed by atoms with van der Waals surface area (Å²) in [6.45, 7) is 7.91. The van der Waals surface area contributed by atoms with Crippen LogP contribution in [-0.2, 0) is 0 Å². The van der Waals surface area contributed by atoms with Crippen LogP contribution in [0.2, 0.25) is 15.1 Å². The molecule has 4 rings (SSSR count). The number of halogens is 9. The van der Waals surface area contributed by atoms with Gasteiger partial charge in [-0.05, 0) is 162 Å². The first-order valence-electron chi connectivity index (χ1n) is 11.4.